The zero-order valence-electron chi connectivity index (χ0n) is 14.3. The molecule has 1 amide bonds. The zero-order chi connectivity index (χ0) is 16.7. The summed E-state index contributed by atoms with van der Waals surface area (Å²) in [6, 6.07) is -0.0608. The Bertz CT molecular complexity index is 675. The van der Waals surface area contributed by atoms with E-state index in [0.717, 1.165) is 29.7 Å². The average Bonchev–Trinajstić information content (AvgIpc) is 2.86. The van der Waals surface area contributed by atoms with Gasteiger partial charge in [-0.3, -0.25) is 14.2 Å². The highest BCUT2D eigenvalue weighted by atomic mass is 32.2. The summed E-state index contributed by atoms with van der Waals surface area (Å²) in [6.07, 6.45) is 1.59. The number of rotatable bonds is 2. The molecule has 1 aromatic heterocycles. The Kier molecular flexibility index (Phi) is 4.54. The molecule has 0 N–H and O–H groups in total. The number of nitrogens with zero attached hydrogens (tertiary/aromatic N) is 3. The lowest BCUT2D eigenvalue weighted by Crippen LogP contribution is -2.43. The van der Waals surface area contributed by atoms with Crippen molar-refractivity contribution in [1.82, 2.24) is 14.5 Å². The molecule has 3 atom stereocenters. The van der Waals surface area contributed by atoms with Crippen LogP contribution in [0, 0.1) is 25.7 Å². The Hall–Kier alpha value is -1.30. The first-order chi connectivity index (χ1) is 10.9. The lowest BCUT2D eigenvalue weighted by molar-refractivity contribution is -0.134. The summed E-state index contributed by atoms with van der Waals surface area (Å²) in [7, 11) is 0. The first-order valence-corrected chi connectivity index (χ1v) is 9.35. The smallest absolute Gasteiger partial charge is 0.257 e. The molecular weight excluding hydrogens is 310 g/mol. The third-order valence-electron chi connectivity index (χ3n) is 4.95. The normalized spacial score (nSPS) is 27.1. The van der Waals surface area contributed by atoms with Crippen molar-refractivity contribution in [2.75, 3.05) is 18.8 Å². The van der Waals surface area contributed by atoms with Gasteiger partial charge in [-0.1, -0.05) is 25.6 Å². The molecule has 0 spiro atoms. The quantitative estimate of drug-likeness (QED) is 0.779. The van der Waals surface area contributed by atoms with Crippen LogP contribution in [0.15, 0.2) is 9.95 Å². The number of likely N-dealkylation sites (tertiary alicyclic amines) is 1. The van der Waals surface area contributed by atoms with E-state index in [4.69, 9.17) is 0 Å². The molecule has 1 fully saturated rings. The predicted molar refractivity (Wildman–Crippen MR) is 91.9 cm³/mol. The first kappa shape index (κ1) is 16.6. The van der Waals surface area contributed by atoms with E-state index in [9.17, 15) is 9.59 Å². The maximum Gasteiger partial charge on any atom is 0.257 e. The van der Waals surface area contributed by atoms with Crippen LogP contribution in [-0.2, 0) is 4.79 Å². The van der Waals surface area contributed by atoms with E-state index in [0.29, 0.717) is 23.8 Å². The monoisotopic (exact) mass is 335 g/mol. The minimum atomic E-state index is -0.0608. The largest absolute Gasteiger partial charge is 0.342 e. The molecule has 6 heteroatoms. The highest BCUT2D eigenvalue weighted by Gasteiger charge is 2.32. The van der Waals surface area contributed by atoms with Gasteiger partial charge in [0, 0.05) is 36.5 Å². The Morgan fingerprint density at radius 3 is 2.57 bits per heavy atom. The number of fused-ring (bicyclic) bond motifs is 1. The van der Waals surface area contributed by atoms with E-state index >= 15 is 0 Å². The number of amides is 1. The van der Waals surface area contributed by atoms with Crippen molar-refractivity contribution in [3.63, 3.8) is 0 Å². The third kappa shape index (κ3) is 3.18. The van der Waals surface area contributed by atoms with Gasteiger partial charge in [-0.2, -0.15) is 0 Å². The number of piperidine rings is 1. The number of hydrogen-bond acceptors (Lipinski definition) is 4. The Balaban J connectivity index is 1.78. The number of aromatic nitrogens is 2. The third-order valence-corrected chi connectivity index (χ3v) is 6.05. The minimum absolute atomic E-state index is 0.00989. The van der Waals surface area contributed by atoms with E-state index in [2.05, 4.69) is 18.8 Å². The number of hydrogen-bond donors (Lipinski definition) is 0. The van der Waals surface area contributed by atoms with E-state index in [1.807, 2.05) is 18.7 Å². The molecule has 1 aromatic rings. The number of aryl methyl sites for hydroxylation is 1. The second kappa shape index (κ2) is 6.30. The molecule has 0 aliphatic carbocycles. The summed E-state index contributed by atoms with van der Waals surface area (Å²) >= 11 is 1.58. The van der Waals surface area contributed by atoms with E-state index in [-0.39, 0.29) is 17.5 Å². The number of carbonyl (C=O) groups is 1. The first-order valence-electron chi connectivity index (χ1n) is 8.37. The summed E-state index contributed by atoms with van der Waals surface area (Å²) in [4.78, 5) is 31.7. The SMILES string of the molecule is Cc1nc2n(c(=O)c1C)C(CC(=O)N1CC(C)CC(C)C1)CS2. The Morgan fingerprint density at radius 2 is 1.91 bits per heavy atom. The second-order valence-electron chi connectivity index (χ2n) is 7.19. The van der Waals surface area contributed by atoms with Crippen LogP contribution in [-0.4, -0.2) is 39.2 Å². The molecule has 2 aliphatic rings. The summed E-state index contributed by atoms with van der Waals surface area (Å²) in [5, 5.41) is 0.760. The van der Waals surface area contributed by atoms with Crippen LogP contribution in [0.1, 0.15) is 44.0 Å². The Morgan fingerprint density at radius 1 is 1.26 bits per heavy atom. The van der Waals surface area contributed by atoms with Gasteiger partial charge in [0.25, 0.3) is 5.56 Å². The van der Waals surface area contributed by atoms with Crippen LogP contribution in [0.25, 0.3) is 0 Å². The van der Waals surface area contributed by atoms with Crippen LogP contribution in [0.2, 0.25) is 0 Å². The van der Waals surface area contributed by atoms with Gasteiger partial charge in [0.1, 0.15) is 0 Å². The molecule has 3 rings (SSSR count). The summed E-state index contributed by atoms with van der Waals surface area (Å²) in [5.41, 5.74) is 1.49. The van der Waals surface area contributed by atoms with Crippen molar-refractivity contribution in [1.29, 1.82) is 0 Å². The van der Waals surface area contributed by atoms with E-state index in [1.54, 1.807) is 16.3 Å². The van der Waals surface area contributed by atoms with Gasteiger partial charge < -0.3 is 4.90 Å². The Labute approximate surface area is 141 Å². The van der Waals surface area contributed by atoms with Gasteiger partial charge in [0.05, 0.1) is 6.04 Å². The predicted octanol–water partition coefficient (Wildman–Crippen LogP) is 2.40. The molecule has 1 saturated heterocycles. The number of carbonyl (C=O) groups excluding carboxylic acids is 1. The van der Waals surface area contributed by atoms with Crippen LogP contribution < -0.4 is 5.56 Å². The van der Waals surface area contributed by atoms with Crippen molar-refractivity contribution in [2.45, 2.75) is 51.7 Å². The highest BCUT2D eigenvalue weighted by Crippen LogP contribution is 2.33. The van der Waals surface area contributed by atoms with Crippen molar-refractivity contribution in [3.8, 4) is 0 Å². The molecular formula is C17H25N3O2S. The minimum Gasteiger partial charge on any atom is -0.342 e. The zero-order valence-corrected chi connectivity index (χ0v) is 15.2. The average molecular weight is 335 g/mol. The highest BCUT2D eigenvalue weighted by molar-refractivity contribution is 7.99. The van der Waals surface area contributed by atoms with Crippen molar-refractivity contribution in [3.05, 3.63) is 21.6 Å². The van der Waals surface area contributed by atoms with Crippen molar-refractivity contribution < 1.29 is 4.79 Å². The fourth-order valence-corrected chi connectivity index (χ4v) is 4.90. The van der Waals surface area contributed by atoms with Gasteiger partial charge in [0.2, 0.25) is 5.91 Å². The maximum absolute atomic E-state index is 12.7. The molecule has 0 bridgehead atoms. The van der Waals surface area contributed by atoms with Crippen LogP contribution in [0.4, 0.5) is 0 Å². The molecule has 3 unspecified atom stereocenters. The molecule has 126 valence electrons. The van der Waals surface area contributed by atoms with Crippen molar-refractivity contribution in [2.24, 2.45) is 11.8 Å². The lowest BCUT2D eigenvalue weighted by atomic mass is 9.91. The van der Waals surface area contributed by atoms with E-state index in [1.165, 1.54) is 6.42 Å². The van der Waals surface area contributed by atoms with Gasteiger partial charge in [-0.05, 0) is 32.1 Å². The van der Waals surface area contributed by atoms with Crippen LogP contribution >= 0.6 is 11.8 Å². The van der Waals surface area contributed by atoms with E-state index < -0.39 is 0 Å². The maximum atomic E-state index is 12.7. The van der Waals surface area contributed by atoms with Crippen LogP contribution in [0.5, 0.6) is 0 Å². The summed E-state index contributed by atoms with van der Waals surface area (Å²) in [6.45, 7) is 9.78. The van der Waals surface area contributed by atoms with Gasteiger partial charge in [-0.15, -0.1) is 0 Å². The molecule has 0 saturated carbocycles. The van der Waals surface area contributed by atoms with Crippen molar-refractivity contribution >= 4 is 17.7 Å². The molecule has 5 nitrogen and oxygen atoms in total. The van der Waals surface area contributed by atoms with Crippen LogP contribution in [0.3, 0.4) is 0 Å². The van der Waals surface area contributed by atoms with Gasteiger partial charge in [0.15, 0.2) is 5.16 Å². The molecule has 3 heterocycles. The fourth-order valence-electron chi connectivity index (χ4n) is 3.72. The number of thioether (sulfide) groups is 1. The van der Waals surface area contributed by atoms with Gasteiger partial charge >= 0.3 is 0 Å². The molecule has 2 aliphatic heterocycles. The standard InChI is InChI=1S/C17H25N3O2S/c1-10-5-11(2)8-19(7-10)15(21)6-14-9-23-17-18-13(4)12(3)16(22)20(14)17/h10-11,14H,5-9H2,1-4H3. The molecule has 23 heavy (non-hydrogen) atoms. The topological polar surface area (TPSA) is 55.2 Å². The second-order valence-corrected chi connectivity index (χ2v) is 8.18. The van der Waals surface area contributed by atoms with Gasteiger partial charge in [-0.25, -0.2) is 4.98 Å². The lowest BCUT2D eigenvalue weighted by Gasteiger charge is -2.35. The fraction of sp³-hybridized carbons (Fsp3) is 0.706. The summed E-state index contributed by atoms with van der Waals surface area (Å²) in [5.74, 6) is 2.05. The summed E-state index contributed by atoms with van der Waals surface area (Å²) < 4.78 is 1.74. The molecule has 0 aromatic carbocycles. The molecule has 0 radical (unpaired) electrons.